The summed E-state index contributed by atoms with van der Waals surface area (Å²) in [4.78, 5) is 0. The number of rotatable bonds is 3. The topological polar surface area (TPSA) is 56.0 Å². The van der Waals surface area contributed by atoms with Crippen LogP contribution in [0.25, 0.3) is 0 Å². The highest BCUT2D eigenvalue weighted by molar-refractivity contribution is 5.54. The van der Waals surface area contributed by atoms with E-state index in [0.29, 0.717) is 17.4 Å². The van der Waals surface area contributed by atoms with Gasteiger partial charge in [0.2, 0.25) is 0 Å². The Hall–Kier alpha value is -1.53. The van der Waals surface area contributed by atoms with E-state index in [1.165, 1.54) is 56.2 Å². The Morgan fingerprint density at radius 1 is 1.03 bits per heavy atom. The summed E-state index contributed by atoms with van der Waals surface area (Å²) in [5.74, 6) is 5.04. The van der Waals surface area contributed by atoms with Crippen molar-refractivity contribution in [2.45, 2.75) is 97.1 Å². The third kappa shape index (κ3) is 3.67. The molecular formula is C29H42N2O. The molecule has 0 radical (unpaired) electrons. The summed E-state index contributed by atoms with van der Waals surface area (Å²) in [7, 11) is 0. The third-order valence-electron chi connectivity index (χ3n) is 10.7. The van der Waals surface area contributed by atoms with Crippen molar-refractivity contribution in [3.8, 4) is 6.07 Å². The Balaban J connectivity index is 1.30. The number of hydrogen-bond donors (Lipinski definition) is 2. The SMILES string of the molecule is Cc1cc(C#N)ccc1N[C@@H](C)[C@H]1CC[C@H]2[C@@H]3CC[C@@H]4C[C@](C)(O)CC[C@@H]4[C@H]3CC[C@]12C. The molecule has 174 valence electrons. The van der Waals surface area contributed by atoms with Gasteiger partial charge in [-0.25, -0.2) is 0 Å². The largest absolute Gasteiger partial charge is 0.390 e. The number of aliphatic hydroxyl groups is 1. The van der Waals surface area contributed by atoms with Crippen molar-refractivity contribution >= 4 is 5.69 Å². The predicted octanol–water partition coefficient (Wildman–Crippen LogP) is 6.69. The van der Waals surface area contributed by atoms with Gasteiger partial charge in [-0.05, 0) is 143 Å². The number of nitrogens with one attached hydrogen (secondary N) is 1. The second-order valence-corrected chi connectivity index (χ2v) is 12.5. The lowest BCUT2D eigenvalue weighted by molar-refractivity contribution is -0.100. The van der Waals surface area contributed by atoms with Crippen LogP contribution in [0.2, 0.25) is 0 Å². The summed E-state index contributed by atoms with van der Waals surface area (Å²) < 4.78 is 0. The molecule has 0 aromatic heterocycles. The zero-order valence-corrected chi connectivity index (χ0v) is 20.5. The van der Waals surface area contributed by atoms with Crippen molar-refractivity contribution in [1.82, 2.24) is 0 Å². The molecule has 4 fully saturated rings. The van der Waals surface area contributed by atoms with Gasteiger partial charge in [-0.15, -0.1) is 0 Å². The minimum absolute atomic E-state index is 0.416. The number of nitriles is 1. The fraction of sp³-hybridized carbons (Fsp3) is 0.759. The zero-order valence-electron chi connectivity index (χ0n) is 20.5. The molecule has 0 bridgehead atoms. The van der Waals surface area contributed by atoms with E-state index < -0.39 is 5.60 Å². The molecule has 1 aromatic carbocycles. The van der Waals surface area contributed by atoms with Gasteiger partial charge >= 0.3 is 0 Å². The van der Waals surface area contributed by atoms with E-state index in [1.54, 1.807) is 0 Å². The molecule has 2 N–H and O–H groups in total. The van der Waals surface area contributed by atoms with Gasteiger partial charge in [-0.3, -0.25) is 0 Å². The van der Waals surface area contributed by atoms with Crippen LogP contribution in [0.4, 0.5) is 5.69 Å². The van der Waals surface area contributed by atoms with Gasteiger partial charge in [0.25, 0.3) is 0 Å². The van der Waals surface area contributed by atoms with E-state index in [9.17, 15) is 10.4 Å². The molecule has 9 atom stereocenters. The molecule has 32 heavy (non-hydrogen) atoms. The Morgan fingerprint density at radius 2 is 1.81 bits per heavy atom. The fourth-order valence-electron chi connectivity index (χ4n) is 9.18. The molecule has 1 aromatic rings. The average Bonchev–Trinajstić information content (AvgIpc) is 3.11. The highest BCUT2D eigenvalue weighted by Crippen LogP contribution is 2.65. The zero-order chi connectivity index (χ0) is 22.7. The first kappa shape index (κ1) is 22.3. The normalized spacial score (nSPS) is 44.0. The summed E-state index contributed by atoms with van der Waals surface area (Å²) in [5.41, 5.74) is 3.13. The smallest absolute Gasteiger partial charge is 0.0991 e. The Bertz CT molecular complexity index is 901. The molecule has 5 rings (SSSR count). The molecule has 4 aliphatic carbocycles. The van der Waals surface area contributed by atoms with Gasteiger partial charge in [-0.1, -0.05) is 6.92 Å². The molecular weight excluding hydrogens is 392 g/mol. The van der Waals surface area contributed by atoms with Gasteiger partial charge in [0.1, 0.15) is 0 Å². The van der Waals surface area contributed by atoms with Crippen molar-refractivity contribution in [1.29, 1.82) is 5.26 Å². The molecule has 3 nitrogen and oxygen atoms in total. The van der Waals surface area contributed by atoms with Crippen LogP contribution in [-0.2, 0) is 0 Å². The maximum atomic E-state index is 10.6. The maximum absolute atomic E-state index is 10.6. The van der Waals surface area contributed by atoms with Crippen LogP contribution in [0.3, 0.4) is 0 Å². The number of aryl methyl sites for hydroxylation is 1. The lowest BCUT2D eigenvalue weighted by Gasteiger charge is -2.57. The van der Waals surface area contributed by atoms with Crippen molar-refractivity contribution in [2.75, 3.05) is 5.32 Å². The van der Waals surface area contributed by atoms with E-state index in [0.717, 1.165) is 48.0 Å². The van der Waals surface area contributed by atoms with Crippen LogP contribution in [0, 0.1) is 59.2 Å². The van der Waals surface area contributed by atoms with Crippen molar-refractivity contribution < 1.29 is 5.11 Å². The Kier molecular flexibility index (Phi) is 5.60. The van der Waals surface area contributed by atoms with Gasteiger partial charge in [0.05, 0.1) is 17.2 Å². The first-order valence-corrected chi connectivity index (χ1v) is 13.2. The number of fused-ring (bicyclic) bond motifs is 5. The molecule has 0 saturated heterocycles. The Morgan fingerprint density at radius 3 is 2.56 bits per heavy atom. The number of anilines is 1. The quantitative estimate of drug-likeness (QED) is 0.557. The molecule has 0 aliphatic heterocycles. The second-order valence-electron chi connectivity index (χ2n) is 12.5. The lowest BCUT2D eigenvalue weighted by atomic mass is 9.49. The lowest BCUT2D eigenvalue weighted by Crippen LogP contribution is -2.51. The number of benzene rings is 1. The highest BCUT2D eigenvalue weighted by Gasteiger charge is 2.58. The monoisotopic (exact) mass is 434 g/mol. The molecule has 4 saturated carbocycles. The third-order valence-corrected chi connectivity index (χ3v) is 10.7. The minimum atomic E-state index is -0.416. The van der Waals surface area contributed by atoms with E-state index >= 15 is 0 Å². The highest BCUT2D eigenvalue weighted by atomic mass is 16.3. The number of hydrogen-bond acceptors (Lipinski definition) is 3. The molecule has 0 unspecified atom stereocenters. The van der Waals surface area contributed by atoms with Crippen LogP contribution >= 0.6 is 0 Å². The standard InChI is InChI=1S/C29H42N2O/c1-18-15-20(17-30)5-10-27(18)31-19(2)25-8-9-26-24-7-6-21-16-28(3,32)13-11-22(21)23(24)12-14-29(25,26)4/h5,10,15,19,21-26,31-32H,6-9,11-14,16H2,1-4H3/t19-,21+,22-,23+,24+,25+,26-,28+,29+/m0/s1. The van der Waals surface area contributed by atoms with E-state index in [-0.39, 0.29) is 0 Å². The first-order chi connectivity index (χ1) is 15.2. The predicted molar refractivity (Wildman–Crippen MR) is 130 cm³/mol. The molecule has 0 heterocycles. The second kappa shape index (κ2) is 8.05. The summed E-state index contributed by atoms with van der Waals surface area (Å²) >= 11 is 0. The van der Waals surface area contributed by atoms with E-state index in [2.05, 4.69) is 45.1 Å². The van der Waals surface area contributed by atoms with Crippen LogP contribution < -0.4 is 5.32 Å². The van der Waals surface area contributed by atoms with Crippen LogP contribution in [0.5, 0.6) is 0 Å². The van der Waals surface area contributed by atoms with Crippen molar-refractivity contribution in [3.63, 3.8) is 0 Å². The summed E-state index contributed by atoms with van der Waals surface area (Å²) in [6.45, 7) is 9.19. The van der Waals surface area contributed by atoms with Crippen LogP contribution in [0.1, 0.15) is 89.7 Å². The maximum Gasteiger partial charge on any atom is 0.0991 e. The summed E-state index contributed by atoms with van der Waals surface area (Å²) in [6.07, 6.45) is 11.6. The molecule has 4 aliphatic rings. The van der Waals surface area contributed by atoms with Crippen molar-refractivity contribution in [2.24, 2.45) is 40.9 Å². The van der Waals surface area contributed by atoms with E-state index in [1.807, 2.05) is 12.1 Å². The van der Waals surface area contributed by atoms with Gasteiger partial charge in [0, 0.05) is 11.7 Å². The first-order valence-electron chi connectivity index (χ1n) is 13.2. The minimum Gasteiger partial charge on any atom is -0.390 e. The summed E-state index contributed by atoms with van der Waals surface area (Å²) in [5, 5.41) is 23.7. The molecule has 0 spiro atoms. The van der Waals surface area contributed by atoms with Gasteiger partial charge < -0.3 is 10.4 Å². The van der Waals surface area contributed by atoms with Gasteiger partial charge in [0.15, 0.2) is 0 Å². The van der Waals surface area contributed by atoms with Crippen LogP contribution in [-0.4, -0.2) is 16.7 Å². The van der Waals surface area contributed by atoms with Crippen molar-refractivity contribution in [3.05, 3.63) is 29.3 Å². The summed E-state index contributed by atoms with van der Waals surface area (Å²) in [6, 6.07) is 8.74. The van der Waals surface area contributed by atoms with Crippen LogP contribution in [0.15, 0.2) is 18.2 Å². The Labute approximate surface area is 195 Å². The average molecular weight is 435 g/mol. The fourth-order valence-corrected chi connectivity index (χ4v) is 9.18. The number of nitrogens with zero attached hydrogens (tertiary/aromatic N) is 1. The van der Waals surface area contributed by atoms with E-state index in [4.69, 9.17) is 0 Å². The molecule has 3 heteroatoms. The van der Waals surface area contributed by atoms with Gasteiger partial charge in [-0.2, -0.15) is 5.26 Å². The molecule has 0 amide bonds.